The van der Waals surface area contributed by atoms with Crippen molar-refractivity contribution in [3.63, 3.8) is 0 Å². The Labute approximate surface area is 141 Å². The number of nitrogens with zero attached hydrogens (tertiary/aromatic N) is 4. The van der Waals surface area contributed by atoms with Crippen LogP contribution in [-0.2, 0) is 4.74 Å². The molecule has 128 valence electrons. The Morgan fingerprint density at radius 1 is 1.33 bits per heavy atom. The molecular weight excluding hydrogens is 308 g/mol. The van der Waals surface area contributed by atoms with Crippen LogP contribution in [0.5, 0.6) is 11.6 Å². The third kappa shape index (κ3) is 3.63. The standard InChI is InChI=1S/C17H22N4O3/c1-12-16(21-6-7-23-10-14(8-21)9-22)19-11-20-17(12)24-15-4-3-5-18-13(15)2/h3-5,11,14,22H,6-10H2,1-2H3/t14-/m0/s1. The minimum Gasteiger partial charge on any atom is -0.437 e. The first kappa shape index (κ1) is 16.6. The van der Waals surface area contributed by atoms with Crippen LogP contribution >= 0.6 is 0 Å². The molecule has 0 radical (unpaired) electrons. The summed E-state index contributed by atoms with van der Waals surface area (Å²) >= 11 is 0. The Balaban J connectivity index is 1.86. The number of aromatic nitrogens is 3. The number of pyridine rings is 1. The normalized spacial score (nSPS) is 18.3. The van der Waals surface area contributed by atoms with E-state index in [1.54, 1.807) is 6.20 Å². The fourth-order valence-corrected chi connectivity index (χ4v) is 2.71. The second kappa shape index (κ2) is 7.55. The number of anilines is 1. The van der Waals surface area contributed by atoms with Gasteiger partial charge in [-0.2, -0.15) is 0 Å². The highest BCUT2D eigenvalue weighted by molar-refractivity contribution is 5.51. The van der Waals surface area contributed by atoms with Gasteiger partial charge in [-0.1, -0.05) is 0 Å². The monoisotopic (exact) mass is 330 g/mol. The molecule has 2 aromatic heterocycles. The minimum absolute atomic E-state index is 0.0757. The number of aryl methyl sites for hydroxylation is 1. The van der Waals surface area contributed by atoms with Crippen molar-refractivity contribution in [3.8, 4) is 11.6 Å². The lowest BCUT2D eigenvalue weighted by molar-refractivity contribution is 0.0959. The zero-order valence-electron chi connectivity index (χ0n) is 14.0. The number of hydrogen-bond acceptors (Lipinski definition) is 7. The molecule has 24 heavy (non-hydrogen) atoms. The smallest absolute Gasteiger partial charge is 0.227 e. The molecule has 7 heteroatoms. The first-order chi connectivity index (χ1) is 11.7. The average molecular weight is 330 g/mol. The number of aliphatic hydroxyl groups is 1. The lowest BCUT2D eigenvalue weighted by Crippen LogP contribution is -2.32. The van der Waals surface area contributed by atoms with Crippen molar-refractivity contribution >= 4 is 5.82 Å². The van der Waals surface area contributed by atoms with Crippen molar-refractivity contribution in [2.75, 3.05) is 37.8 Å². The van der Waals surface area contributed by atoms with Gasteiger partial charge in [0, 0.05) is 31.8 Å². The van der Waals surface area contributed by atoms with E-state index in [4.69, 9.17) is 9.47 Å². The summed E-state index contributed by atoms with van der Waals surface area (Å²) in [5.74, 6) is 2.08. The van der Waals surface area contributed by atoms with E-state index in [0.29, 0.717) is 31.4 Å². The van der Waals surface area contributed by atoms with Crippen molar-refractivity contribution in [1.29, 1.82) is 0 Å². The van der Waals surface area contributed by atoms with Gasteiger partial charge in [0.2, 0.25) is 5.88 Å². The summed E-state index contributed by atoms with van der Waals surface area (Å²) < 4.78 is 11.5. The highest BCUT2D eigenvalue weighted by Crippen LogP contribution is 2.29. The number of aliphatic hydroxyl groups excluding tert-OH is 1. The molecule has 0 aliphatic carbocycles. The maximum atomic E-state index is 9.46. The van der Waals surface area contributed by atoms with Gasteiger partial charge < -0.3 is 19.5 Å². The van der Waals surface area contributed by atoms with E-state index in [0.717, 1.165) is 23.6 Å². The fraction of sp³-hybridized carbons (Fsp3) is 0.471. The van der Waals surface area contributed by atoms with Crippen molar-refractivity contribution in [1.82, 2.24) is 15.0 Å². The zero-order chi connectivity index (χ0) is 16.9. The summed E-state index contributed by atoms with van der Waals surface area (Å²) in [6.45, 7) is 6.52. The van der Waals surface area contributed by atoms with E-state index in [-0.39, 0.29) is 12.5 Å². The molecule has 2 aromatic rings. The summed E-state index contributed by atoms with van der Waals surface area (Å²) in [5, 5.41) is 9.46. The molecule has 3 rings (SSSR count). The van der Waals surface area contributed by atoms with Crippen molar-refractivity contribution in [3.05, 3.63) is 35.9 Å². The van der Waals surface area contributed by atoms with Crippen LogP contribution in [0.3, 0.4) is 0 Å². The van der Waals surface area contributed by atoms with Crippen LogP contribution in [-0.4, -0.2) is 53.0 Å². The Hall–Kier alpha value is -2.25. The third-order valence-electron chi connectivity index (χ3n) is 4.07. The van der Waals surface area contributed by atoms with Gasteiger partial charge in [0.05, 0.1) is 24.5 Å². The second-order valence-corrected chi connectivity index (χ2v) is 5.89. The van der Waals surface area contributed by atoms with E-state index in [9.17, 15) is 5.11 Å². The van der Waals surface area contributed by atoms with E-state index in [1.807, 2.05) is 26.0 Å². The molecule has 1 aliphatic rings. The molecule has 0 saturated carbocycles. The van der Waals surface area contributed by atoms with Crippen LogP contribution in [0.25, 0.3) is 0 Å². The highest BCUT2D eigenvalue weighted by atomic mass is 16.5. The molecule has 1 atom stereocenters. The number of rotatable bonds is 4. The van der Waals surface area contributed by atoms with Crippen LogP contribution < -0.4 is 9.64 Å². The molecule has 0 aromatic carbocycles. The summed E-state index contributed by atoms with van der Waals surface area (Å²) in [6, 6.07) is 3.70. The summed E-state index contributed by atoms with van der Waals surface area (Å²) in [7, 11) is 0. The van der Waals surface area contributed by atoms with Crippen LogP contribution in [0.15, 0.2) is 24.7 Å². The Kier molecular flexibility index (Phi) is 5.22. The molecular formula is C17H22N4O3. The fourth-order valence-electron chi connectivity index (χ4n) is 2.71. The average Bonchev–Trinajstić information content (AvgIpc) is 2.84. The minimum atomic E-state index is 0.0757. The molecule has 1 aliphatic heterocycles. The largest absolute Gasteiger partial charge is 0.437 e. The molecule has 1 fully saturated rings. The Bertz CT molecular complexity index is 695. The van der Waals surface area contributed by atoms with Crippen LogP contribution in [0, 0.1) is 19.8 Å². The Morgan fingerprint density at radius 2 is 2.21 bits per heavy atom. The molecule has 0 bridgehead atoms. The zero-order valence-corrected chi connectivity index (χ0v) is 14.0. The van der Waals surface area contributed by atoms with E-state index in [2.05, 4.69) is 19.9 Å². The van der Waals surface area contributed by atoms with E-state index in [1.165, 1.54) is 6.33 Å². The van der Waals surface area contributed by atoms with Gasteiger partial charge in [-0.25, -0.2) is 9.97 Å². The predicted octanol–water partition coefficient (Wildman–Crippen LogP) is 1.73. The third-order valence-corrected chi connectivity index (χ3v) is 4.07. The van der Waals surface area contributed by atoms with Crippen LogP contribution in [0.4, 0.5) is 5.82 Å². The van der Waals surface area contributed by atoms with Gasteiger partial charge in [0.1, 0.15) is 12.1 Å². The van der Waals surface area contributed by atoms with Crippen molar-refractivity contribution in [2.45, 2.75) is 13.8 Å². The maximum absolute atomic E-state index is 9.46. The molecule has 1 N–H and O–H groups in total. The van der Waals surface area contributed by atoms with E-state index < -0.39 is 0 Å². The molecule has 0 amide bonds. The predicted molar refractivity (Wildman–Crippen MR) is 89.4 cm³/mol. The van der Waals surface area contributed by atoms with Gasteiger partial charge in [0.25, 0.3) is 0 Å². The van der Waals surface area contributed by atoms with E-state index >= 15 is 0 Å². The summed E-state index contributed by atoms with van der Waals surface area (Å²) in [5.41, 5.74) is 1.67. The molecule has 1 saturated heterocycles. The quantitative estimate of drug-likeness (QED) is 0.914. The lowest BCUT2D eigenvalue weighted by atomic mass is 10.1. The summed E-state index contributed by atoms with van der Waals surface area (Å²) in [4.78, 5) is 15.0. The molecule has 7 nitrogen and oxygen atoms in total. The first-order valence-electron chi connectivity index (χ1n) is 8.03. The van der Waals surface area contributed by atoms with Gasteiger partial charge >= 0.3 is 0 Å². The second-order valence-electron chi connectivity index (χ2n) is 5.89. The maximum Gasteiger partial charge on any atom is 0.227 e. The first-order valence-corrected chi connectivity index (χ1v) is 8.03. The van der Waals surface area contributed by atoms with Gasteiger partial charge in [-0.05, 0) is 26.0 Å². The van der Waals surface area contributed by atoms with Gasteiger partial charge in [-0.3, -0.25) is 4.98 Å². The van der Waals surface area contributed by atoms with Crippen molar-refractivity contribution in [2.24, 2.45) is 5.92 Å². The van der Waals surface area contributed by atoms with Crippen LogP contribution in [0.1, 0.15) is 11.3 Å². The lowest BCUT2D eigenvalue weighted by Gasteiger charge is -2.25. The van der Waals surface area contributed by atoms with Crippen LogP contribution in [0.2, 0.25) is 0 Å². The Morgan fingerprint density at radius 3 is 3.00 bits per heavy atom. The topological polar surface area (TPSA) is 80.6 Å². The number of hydrogen-bond donors (Lipinski definition) is 1. The molecule has 3 heterocycles. The number of ether oxygens (including phenoxy) is 2. The molecule has 0 spiro atoms. The SMILES string of the molecule is Cc1ncccc1Oc1ncnc(N2CCOC[C@H](CO)C2)c1C. The van der Waals surface area contributed by atoms with Crippen molar-refractivity contribution < 1.29 is 14.6 Å². The molecule has 0 unspecified atom stereocenters. The summed E-state index contributed by atoms with van der Waals surface area (Å²) in [6.07, 6.45) is 3.23. The highest BCUT2D eigenvalue weighted by Gasteiger charge is 2.22. The van der Waals surface area contributed by atoms with Gasteiger partial charge in [0.15, 0.2) is 5.75 Å². The van der Waals surface area contributed by atoms with Gasteiger partial charge in [-0.15, -0.1) is 0 Å².